The summed E-state index contributed by atoms with van der Waals surface area (Å²) in [5.74, 6) is 1.70. The molecule has 1 aromatic rings. The first-order valence-corrected chi connectivity index (χ1v) is 6.14. The number of anilines is 1. The van der Waals surface area contributed by atoms with Gasteiger partial charge in [0.2, 0.25) is 5.91 Å². The van der Waals surface area contributed by atoms with Gasteiger partial charge in [0.15, 0.2) is 0 Å². The molecule has 1 amide bonds. The van der Waals surface area contributed by atoms with Gasteiger partial charge in [-0.1, -0.05) is 18.1 Å². The van der Waals surface area contributed by atoms with Crippen molar-refractivity contribution >= 4 is 17.6 Å². The van der Waals surface area contributed by atoms with Crippen molar-refractivity contribution in [1.82, 2.24) is 5.32 Å². The second-order valence-electron chi connectivity index (χ2n) is 4.22. The summed E-state index contributed by atoms with van der Waals surface area (Å²) < 4.78 is 4.74. The molecule has 1 aromatic carbocycles. The Hall–Kier alpha value is -2.48. The molecule has 0 aliphatic carbocycles. The zero-order valence-corrected chi connectivity index (χ0v) is 11.8. The second kappa shape index (κ2) is 7.19. The summed E-state index contributed by atoms with van der Waals surface area (Å²) in [6, 6.07) is 6.49. The summed E-state index contributed by atoms with van der Waals surface area (Å²) in [4.78, 5) is 25.3. The lowest BCUT2D eigenvalue weighted by molar-refractivity contribution is -0.121. The van der Waals surface area contributed by atoms with E-state index in [0.717, 1.165) is 0 Å². The standard InChI is InChI=1S/C15H18N2O3/c1-5-10-16-14(18)11(2)17(3)13-9-7-6-8-12(13)15(19)20-4/h1,6-9,11H,10H2,2-4H3,(H,16,18). The first kappa shape index (κ1) is 15.6. The molecule has 0 bridgehead atoms. The molecule has 1 rings (SSSR count). The van der Waals surface area contributed by atoms with E-state index in [-0.39, 0.29) is 12.5 Å². The van der Waals surface area contributed by atoms with Crippen LogP contribution in [0.4, 0.5) is 5.69 Å². The normalized spacial score (nSPS) is 11.1. The molecular formula is C15H18N2O3. The van der Waals surface area contributed by atoms with Gasteiger partial charge in [-0.2, -0.15) is 0 Å². The number of hydrogen-bond donors (Lipinski definition) is 1. The van der Waals surface area contributed by atoms with Crippen LogP contribution in [0.25, 0.3) is 0 Å². The molecule has 0 fully saturated rings. The van der Waals surface area contributed by atoms with Crippen LogP contribution in [0.3, 0.4) is 0 Å². The molecule has 0 aliphatic rings. The van der Waals surface area contributed by atoms with Crippen LogP contribution < -0.4 is 10.2 Å². The number of ether oxygens (including phenoxy) is 1. The maximum absolute atomic E-state index is 11.9. The lowest BCUT2D eigenvalue weighted by atomic mass is 10.1. The van der Waals surface area contributed by atoms with E-state index in [1.807, 2.05) is 0 Å². The van der Waals surface area contributed by atoms with Crippen molar-refractivity contribution in [3.63, 3.8) is 0 Å². The molecule has 20 heavy (non-hydrogen) atoms. The van der Waals surface area contributed by atoms with Crippen molar-refractivity contribution < 1.29 is 14.3 Å². The lowest BCUT2D eigenvalue weighted by Crippen LogP contribution is -2.44. The molecule has 1 N–H and O–H groups in total. The predicted octanol–water partition coefficient (Wildman–Crippen LogP) is 1.05. The first-order chi connectivity index (χ1) is 9.52. The molecule has 0 aromatic heterocycles. The molecule has 0 saturated carbocycles. The van der Waals surface area contributed by atoms with E-state index >= 15 is 0 Å². The number of rotatable bonds is 5. The predicted molar refractivity (Wildman–Crippen MR) is 77.5 cm³/mol. The number of methoxy groups -OCH3 is 1. The highest BCUT2D eigenvalue weighted by molar-refractivity contribution is 5.97. The van der Waals surface area contributed by atoms with Gasteiger partial charge >= 0.3 is 5.97 Å². The Morgan fingerprint density at radius 1 is 1.45 bits per heavy atom. The maximum atomic E-state index is 11.9. The van der Waals surface area contributed by atoms with Crippen LogP contribution in [0.1, 0.15) is 17.3 Å². The minimum Gasteiger partial charge on any atom is -0.465 e. The van der Waals surface area contributed by atoms with E-state index in [1.165, 1.54) is 7.11 Å². The highest BCUT2D eigenvalue weighted by Gasteiger charge is 2.22. The van der Waals surface area contributed by atoms with Gasteiger partial charge in [0.1, 0.15) is 6.04 Å². The molecule has 0 heterocycles. The Bertz CT molecular complexity index is 534. The summed E-state index contributed by atoms with van der Waals surface area (Å²) in [6.45, 7) is 1.91. The fourth-order valence-electron chi connectivity index (χ4n) is 1.73. The number of para-hydroxylation sites is 1. The molecular weight excluding hydrogens is 256 g/mol. The maximum Gasteiger partial charge on any atom is 0.339 e. The van der Waals surface area contributed by atoms with Gasteiger partial charge in [-0.25, -0.2) is 4.79 Å². The Balaban J connectivity index is 2.97. The molecule has 1 atom stereocenters. The molecule has 0 saturated heterocycles. The largest absolute Gasteiger partial charge is 0.465 e. The van der Waals surface area contributed by atoms with Crippen molar-refractivity contribution in [2.75, 3.05) is 25.6 Å². The van der Waals surface area contributed by atoms with Crippen molar-refractivity contribution in [1.29, 1.82) is 0 Å². The van der Waals surface area contributed by atoms with Crippen LogP contribution >= 0.6 is 0 Å². The molecule has 5 nitrogen and oxygen atoms in total. The van der Waals surface area contributed by atoms with Crippen molar-refractivity contribution in [3.8, 4) is 12.3 Å². The zero-order valence-electron chi connectivity index (χ0n) is 11.8. The molecule has 1 unspecified atom stereocenters. The molecule has 106 valence electrons. The van der Waals surface area contributed by atoms with Gasteiger partial charge in [-0.3, -0.25) is 4.79 Å². The Morgan fingerprint density at radius 2 is 2.10 bits per heavy atom. The van der Waals surface area contributed by atoms with Gasteiger partial charge in [0.05, 0.1) is 24.9 Å². The second-order valence-corrected chi connectivity index (χ2v) is 4.22. The summed E-state index contributed by atoms with van der Waals surface area (Å²) >= 11 is 0. The Labute approximate surface area is 118 Å². The third-order valence-corrected chi connectivity index (χ3v) is 3.01. The van der Waals surface area contributed by atoms with E-state index in [9.17, 15) is 9.59 Å². The quantitative estimate of drug-likeness (QED) is 0.644. The first-order valence-electron chi connectivity index (χ1n) is 6.14. The summed E-state index contributed by atoms with van der Waals surface area (Å²) in [7, 11) is 3.06. The topological polar surface area (TPSA) is 58.6 Å². The zero-order chi connectivity index (χ0) is 15.1. The number of likely N-dealkylation sites (N-methyl/N-ethyl adjacent to an activating group) is 1. The van der Waals surface area contributed by atoms with E-state index in [1.54, 1.807) is 43.1 Å². The third kappa shape index (κ3) is 3.51. The van der Waals surface area contributed by atoms with Crippen molar-refractivity contribution in [2.24, 2.45) is 0 Å². The van der Waals surface area contributed by atoms with E-state index < -0.39 is 12.0 Å². The molecule has 5 heteroatoms. The smallest absolute Gasteiger partial charge is 0.339 e. The van der Waals surface area contributed by atoms with Crippen LogP contribution in [0.15, 0.2) is 24.3 Å². The van der Waals surface area contributed by atoms with E-state index in [2.05, 4.69) is 11.2 Å². The number of nitrogens with zero attached hydrogens (tertiary/aromatic N) is 1. The fraction of sp³-hybridized carbons (Fsp3) is 0.333. The highest BCUT2D eigenvalue weighted by Crippen LogP contribution is 2.21. The lowest BCUT2D eigenvalue weighted by Gasteiger charge is -2.27. The minimum atomic E-state index is -0.464. The van der Waals surface area contributed by atoms with Crippen LogP contribution in [0.5, 0.6) is 0 Å². The third-order valence-electron chi connectivity index (χ3n) is 3.01. The van der Waals surface area contributed by atoms with Gasteiger partial charge in [-0.05, 0) is 19.1 Å². The van der Waals surface area contributed by atoms with Gasteiger partial charge < -0.3 is 15.0 Å². The minimum absolute atomic E-state index is 0.176. The fourth-order valence-corrected chi connectivity index (χ4v) is 1.73. The summed E-state index contributed by atoms with van der Waals surface area (Å²) in [5, 5.41) is 2.61. The number of amides is 1. The number of hydrogen-bond acceptors (Lipinski definition) is 4. The Morgan fingerprint density at radius 3 is 2.70 bits per heavy atom. The molecule has 0 radical (unpaired) electrons. The molecule has 0 aliphatic heterocycles. The highest BCUT2D eigenvalue weighted by atomic mass is 16.5. The van der Waals surface area contributed by atoms with Crippen molar-refractivity contribution in [3.05, 3.63) is 29.8 Å². The number of terminal acetylenes is 1. The van der Waals surface area contributed by atoms with Crippen LogP contribution in [0, 0.1) is 12.3 Å². The van der Waals surface area contributed by atoms with E-state index in [0.29, 0.717) is 11.3 Å². The van der Waals surface area contributed by atoms with Gasteiger partial charge in [-0.15, -0.1) is 6.42 Å². The number of benzene rings is 1. The van der Waals surface area contributed by atoms with Gasteiger partial charge in [0.25, 0.3) is 0 Å². The summed E-state index contributed by atoms with van der Waals surface area (Å²) in [6.07, 6.45) is 5.11. The van der Waals surface area contributed by atoms with E-state index in [4.69, 9.17) is 11.2 Å². The SMILES string of the molecule is C#CCNC(=O)C(C)N(C)c1ccccc1C(=O)OC. The number of nitrogens with one attached hydrogen (secondary N) is 1. The van der Waals surface area contributed by atoms with Crippen LogP contribution in [-0.2, 0) is 9.53 Å². The number of carbonyl (C=O) groups is 2. The average molecular weight is 274 g/mol. The number of esters is 1. The number of carbonyl (C=O) groups excluding carboxylic acids is 2. The van der Waals surface area contributed by atoms with Crippen LogP contribution in [0.2, 0.25) is 0 Å². The summed E-state index contributed by atoms with van der Waals surface area (Å²) in [5.41, 5.74) is 1.04. The van der Waals surface area contributed by atoms with Gasteiger partial charge in [0, 0.05) is 7.05 Å². The Kier molecular flexibility index (Phi) is 5.60. The van der Waals surface area contributed by atoms with Crippen molar-refractivity contribution in [2.45, 2.75) is 13.0 Å². The monoisotopic (exact) mass is 274 g/mol. The molecule has 0 spiro atoms. The van der Waals surface area contributed by atoms with Crippen LogP contribution in [-0.4, -0.2) is 38.6 Å². The average Bonchev–Trinajstić information content (AvgIpc) is 2.50.